The summed E-state index contributed by atoms with van der Waals surface area (Å²) in [7, 11) is 1.35. The van der Waals surface area contributed by atoms with Crippen molar-refractivity contribution < 1.29 is 13.2 Å². The van der Waals surface area contributed by atoms with Crippen LogP contribution < -0.4 is 5.56 Å². The molecule has 3 aromatic rings. The molecule has 3 heterocycles. The molecule has 0 radical (unpaired) electrons. The van der Waals surface area contributed by atoms with Gasteiger partial charge in [0.15, 0.2) is 11.3 Å². The SMILES string of the molecule is CC(C)c1c(-c2cc(C(F)(F)F)nn2C)nc2c(C#N)c[nH]n2c1=O. The zero-order valence-electron chi connectivity index (χ0n) is 13.5. The standard InChI is InChI=1S/C15H13F3N6O/c1-7(2)11-12(9-4-10(15(16,17)18)22-23(9)3)21-13-8(5-19)6-20-24(13)14(11)25/h4,6-7,20H,1-3H3. The van der Waals surface area contributed by atoms with Crippen LogP contribution in [-0.4, -0.2) is 24.4 Å². The Bertz CT molecular complexity index is 1060. The van der Waals surface area contributed by atoms with Crippen LogP contribution in [0.15, 0.2) is 17.1 Å². The Morgan fingerprint density at radius 2 is 2.04 bits per heavy atom. The minimum Gasteiger partial charge on any atom is -0.295 e. The van der Waals surface area contributed by atoms with Crippen LogP contribution in [0, 0.1) is 11.3 Å². The van der Waals surface area contributed by atoms with E-state index in [1.807, 2.05) is 6.07 Å². The number of rotatable bonds is 2. The number of nitrogens with zero attached hydrogens (tertiary/aromatic N) is 5. The van der Waals surface area contributed by atoms with E-state index in [2.05, 4.69) is 15.2 Å². The van der Waals surface area contributed by atoms with E-state index in [-0.39, 0.29) is 34.1 Å². The number of hydrogen-bond acceptors (Lipinski definition) is 4. The van der Waals surface area contributed by atoms with Crippen molar-refractivity contribution in [3.8, 4) is 17.5 Å². The monoisotopic (exact) mass is 350 g/mol. The number of hydrogen-bond donors (Lipinski definition) is 1. The average molecular weight is 350 g/mol. The summed E-state index contributed by atoms with van der Waals surface area (Å²) in [6, 6.07) is 2.74. The van der Waals surface area contributed by atoms with Gasteiger partial charge >= 0.3 is 6.18 Å². The molecule has 0 amide bonds. The lowest BCUT2D eigenvalue weighted by Gasteiger charge is -2.11. The average Bonchev–Trinajstić information content (AvgIpc) is 3.09. The van der Waals surface area contributed by atoms with Gasteiger partial charge in [0, 0.05) is 18.8 Å². The van der Waals surface area contributed by atoms with Crippen LogP contribution >= 0.6 is 0 Å². The Morgan fingerprint density at radius 1 is 1.36 bits per heavy atom. The van der Waals surface area contributed by atoms with E-state index >= 15 is 0 Å². The Balaban J connectivity index is 2.40. The molecule has 0 aliphatic rings. The van der Waals surface area contributed by atoms with Crippen LogP contribution in [-0.2, 0) is 13.2 Å². The van der Waals surface area contributed by atoms with Gasteiger partial charge in [-0.05, 0) is 12.0 Å². The molecule has 0 bridgehead atoms. The molecule has 130 valence electrons. The summed E-state index contributed by atoms with van der Waals surface area (Å²) in [5, 5.41) is 15.2. The molecule has 0 aliphatic carbocycles. The fraction of sp³-hybridized carbons (Fsp3) is 0.333. The van der Waals surface area contributed by atoms with E-state index in [1.54, 1.807) is 13.8 Å². The van der Waals surface area contributed by atoms with Gasteiger partial charge in [-0.1, -0.05) is 13.8 Å². The molecule has 0 fully saturated rings. The number of halogens is 3. The van der Waals surface area contributed by atoms with Crippen LogP contribution in [0.4, 0.5) is 13.2 Å². The molecule has 0 saturated carbocycles. The maximum atomic E-state index is 12.9. The number of nitrogens with one attached hydrogen (secondary N) is 1. The Morgan fingerprint density at radius 3 is 2.56 bits per heavy atom. The van der Waals surface area contributed by atoms with E-state index in [0.29, 0.717) is 0 Å². The molecule has 0 spiro atoms. The molecule has 25 heavy (non-hydrogen) atoms. The number of alkyl halides is 3. The minimum atomic E-state index is -4.61. The van der Waals surface area contributed by atoms with Crippen molar-refractivity contribution in [2.75, 3.05) is 0 Å². The van der Waals surface area contributed by atoms with Gasteiger partial charge in [-0.3, -0.25) is 14.6 Å². The minimum absolute atomic E-state index is 0.0562. The van der Waals surface area contributed by atoms with Gasteiger partial charge in [0.2, 0.25) is 0 Å². The topological polar surface area (TPSA) is 91.8 Å². The highest BCUT2D eigenvalue weighted by Gasteiger charge is 2.35. The Labute approximate surface area is 139 Å². The van der Waals surface area contributed by atoms with Crippen LogP contribution in [0.2, 0.25) is 0 Å². The lowest BCUT2D eigenvalue weighted by Crippen LogP contribution is -2.23. The molecule has 0 unspecified atom stereocenters. The van der Waals surface area contributed by atoms with Crippen molar-refractivity contribution in [3.63, 3.8) is 0 Å². The zero-order chi connectivity index (χ0) is 18.5. The summed E-state index contributed by atoms with van der Waals surface area (Å²) in [6.45, 7) is 3.48. The summed E-state index contributed by atoms with van der Waals surface area (Å²) in [5.41, 5.74) is -0.987. The normalized spacial score (nSPS) is 12.1. The lowest BCUT2D eigenvalue weighted by atomic mass is 10.0. The number of fused-ring (bicyclic) bond motifs is 1. The smallest absolute Gasteiger partial charge is 0.295 e. The van der Waals surface area contributed by atoms with Crippen LogP contribution in [0.3, 0.4) is 0 Å². The van der Waals surface area contributed by atoms with Crippen molar-refractivity contribution in [1.29, 1.82) is 5.26 Å². The van der Waals surface area contributed by atoms with E-state index in [9.17, 15) is 18.0 Å². The second-order valence-electron chi connectivity index (χ2n) is 5.83. The Kier molecular flexibility index (Phi) is 3.67. The first-order valence-corrected chi connectivity index (χ1v) is 7.31. The number of aromatic nitrogens is 5. The first kappa shape index (κ1) is 16.8. The highest BCUT2D eigenvalue weighted by molar-refractivity contribution is 5.66. The summed E-state index contributed by atoms with van der Waals surface area (Å²) >= 11 is 0. The van der Waals surface area contributed by atoms with Gasteiger partial charge in [-0.25, -0.2) is 9.50 Å². The molecule has 3 aromatic heterocycles. The van der Waals surface area contributed by atoms with Crippen molar-refractivity contribution in [2.45, 2.75) is 25.9 Å². The largest absolute Gasteiger partial charge is 0.435 e. The molecule has 10 heteroatoms. The second kappa shape index (κ2) is 5.47. The molecule has 0 aliphatic heterocycles. The summed E-state index contributed by atoms with van der Waals surface area (Å²) < 4.78 is 41.0. The Hall–Kier alpha value is -3.09. The van der Waals surface area contributed by atoms with Gasteiger partial charge in [-0.15, -0.1) is 0 Å². The van der Waals surface area contributed by atoms with Gasteiger partial charge in [0.1, 0.15) is 11.6 Å². The summed E-state index contributed by atoms with van der Waals surface area (Å²) in [5.74, 6) is -0.301. The van der Waals surface area contributed by atoms with E-state index in [0.717, 1.165) is 15.3 Å². The highest BCUT2D eigenvalue weighted by Crippen LogP contribution is 2.32. The molecule has 3 rings (SSSR count). The molecular formula is C15H13F3N6O. The quantitative estimate of drug-likeness (QED) is 0.768. The first-order valence-electron chi connectivity index (χ1n) is 7.31. The highest BCUT2D eigenvalue weighted by atomic mass is 19.4. The van der Waals surface area contributed by atoms with E-state index in [4.69, 9.17) is 5.26 Å². The predicted octanol–water partition coefficient (Wildman–Crippen LogP) is 2.44. The number of nitriles is 1. The number of aromatic amines is 1. The van der Waals surface area contributed by atoms with Gasteiger partial charge < -0.3 is 0 Å². The maximum Gasteiger partial charge on any atom is 0.435 e. The van der Waals surface area contributed by atoms with Crippen LogP contribution in [0.1, 0.15) is 36.6 Å². The molecular weight excluding hydrogens is 337 g/mol. The third-order valence-electron chi connectivity index (χ3n) is 3.81. The van der Waals surface area contributed by atoms with Crippen molar-refractivity contribution in [1.82, 2.24) is 24.4 Å². The van der Waals surface area contributed by atoms with E-state index in [1.165, 1.54) is 13.2 Å². The van der Waals surface area contributed by atoms with Gasteiger partial charge in [0.05, 0.1) is 11.4 Å². The van der Waals surface area contributed by atoms with Crippen LogP contribution in [0.5, 0.6) is 0 Å². The number of aryl methyl sites for hydroxylation is 1. The summed E-state index contributed by atoms with van der Waals surface area (Å²) in [4.78, 5) is 17.0. The molecule has 7 nitrogen and oxygen atoms in total. The van der Waals surface area contributed by atoms with Crippen molar-refractivity contribution >= 4 is 5.65 Å². The number of H-pyrrole nitrogens is 1. The maximum absolute atomic E-state index is 12.9. The third-order valence-corrected chi connectivity index (χ3v) is 3.81. The fourth-order valence-corrected chi connectivity index (χ4v) is 2.65. The van der Waals surface area contributed by atoms with E-state index < -0.39 is 17.4 Å². The zero-order valence-corrected chi connectivity index (χ0v) is 13.5. The van der Waals surface area contributed by atoms with Crippen LogP contribution in [0.25, 0.3) is 17.0 Å². The molecule has 0 atom stereocenters. The molecule has 1 N–H and O–H groups in total. The second-order valence-corrected chi connectivity index (χ2v) is 5.83. The predicted molar refractivity (Wildman–Crippen MR) is 81.8 cm³/mol. The van der Waals surface area contributed by atoms with Crippen molar-refractivity contribution in [3.05, 3.63) is 39.4 Å². The van der Waals surface area contributed by atoms with Crippen molar-refractivity contribution in [2.24, 2.45) is 7.05 Å². The fourth-order valence-electron chi connectivity index (χ4n) is 2.65. The summed E-state index contributed by atoms with van der Waals surface area (Å²) in [6.07, 6.45) is -3.29. The van der Waals surface area contributed by atoms with Gasteiger partial charge in [-0.2, -0.15) is 23.5 Å². The molecule has 0 aromatic carbocycles. The third kappa shape index (κ3) is 2.57. The van der Waals surface area contributed by atoms with Gasteiger partial charge in [0.25, 0.3) is 5.56 Å². The first-order chi connectivity index (χ1) is 11.6. The lowest BCUT2D eigenvalue weighted by molar-refractivity contribution is -0.141. The molecule has 0 saturated heterocycles.